The fourth-order valence-electron chi connectivity index (χ4n) is 10.1. The van der Waals surface area contributed by atoms with Gasteiger partial charge in [0.05, 0.1) is 11.1 Å². The maximum absolute atomic E-state index is 7.89. The maximum Gasteiger partial charge on any atom is 0.0728 e. The second kappa shape index (κ2) is 15.1. The topological polar surface area (TPSA) is 23.9 Å². The van der Waals surface area contributed by atoms with Crippen molar-refractivity contribution in [2.45, 2.75) is 51.9 Å². The van der Waals surface area contributed by atoms with E-state index in [0.717, 1.165) is 36.8 Å². The van der Waals surface area contributed by atoms with Gasteiger partial charge in [0.15, 0.2) is 0 Å². The molecule has 282 valence electrons. The lowest BCUT2D eigenvalue weighted by Crippen LogP contribution is -2.28. The number of hydrogen-bond donors (Lipinski definition) is 1. The Morgan fingerprint density at radius 1 is 0.690 bits per heavy atom. The van der Waals surface area contributed by atoms with Crippen LogP contribution in [0.5, 0.6) is 0 Å². The number of allylic oxidation sites excluding steroid dienone is 13. The molecule has 4 aliphatic carbocycles. The lowest BCUT2D eigenvalue weighted by molar-refractivity contribution is 0.776. The van der Waals surface area contributed by atoms with Crippen molar-refractivity contribution in [3.05, 3.63) is 227 Å². The number of rotatable bonds is 6. The number of aryl methyl sites for hydroxylation is 2. The van der Waals surface area contributed by atoms with E-state index in [-0.39, 0.29) is 5.41 Å². The Kier molecular flexibility index (Phi) is 9.62. The lowest BCUT2D eigenvalue weighted by atomic mass is 9.66. The van der Waals surface area contributed by atoms with Crippen molar-refractivity contribution in [2.24, 2.45) is 0 Å². The average molecular weight is 748 g/mol. The molecular formula is C57H49N. The van der Waals surface area contributed by atoms with E-state index in [2.05, 4.69) is 148 Å². The van der Waals surface area contributed by atoms with Crippen molar-refractivity contribution >= 4 is 38.9 Å². The largest absolute Gasteiger partial charge is 0.300 e. The summed E-state index contributed by atoms with van der Waals surface area (Å²) in [6, 6.07) is 39.6. The van der Waals surface area contributed by atoms with E-state index >= 15 is 0 Å². The minimum atomic E-state index is -0.322. The van der Waals surface area contributed by atoms with Gasteiger partial charge in [-0.25, -0.2) is 0 Å². The van der Waals surface area contributed by atoms with E-state index in [1.54, 1.807) is 12.2 Å². The van der Waals surface area contributed by atoms with Crippen molar-refractivity contribution < 1.29 is 0 Å². The van der Waals surface area contributed by atoms with Crippen LogP contribution >= 0.6 is 0 Å². The second-order valence-electron chi connectivity index (χ2n) is 15.7. The van der Waals surface area contributed by atoms with Crippen LogP contribution in [0, 0.1) is 12.3 Å². The zero-order chi connectivity index (χ0) is 40.0. The highest BCUT2D eigenvalue weighted by molar-refractivity contribution is 6.14. The van der Waals surface area contributed by atoms with Gasteiger partial charge >= 0.3 is 0 Å². The molecule has 1 heteroatoms. The molecule has 58 heavy (non-hydrogen) atoms. The lowest BCUT2D eigenvalue weighted by Gasteiger charge is -2.35. The third-order valence-corrected chi connectivity index (χ3v) is 12.7. The highest BCUT2D eigenvalue weighted by Crippen LogP contribution is 2.66. The first-order valence-corrected chi connectivity index (χ1v) is 20.7. The van der Waals surface area contributed by atoms with Crippen molar-refractivity contribution in [1.82, 2.24) is 0 Å². The van der Waals surface area contributed by atoms with Crippen molar-refractivity contribution in [2.75, 3.05) is 0 Å². The summed E-state index contributed by atoms with van der Waals surface area (Å²) in [4.78, 5) is 0. The van der Waals surface area contributed by atoms with E-state index in [9.17, 15) is 0 Å². The van der Waals surface area contributed by atoms with E-state index in [1.165, 1.54) is 93.9 Å². The van der Waals surface area contributed by atoms with Gasteiger partial charge in [0, 0.05) is 0 Å². The van der Waals surface area contributed by atoms with Crippen LogP contribution in [-0.4, -0.2) is 5.71 Å². The molecule has 0 fully saturated rings. The minimum absolute atomic E-state index is 0.322. The monoisotopic (exact) mass is 747 g/mol. The minimum Gasteiger partial charge on any atom is -0.300 e. The zero-order valence-corrected chi connectivity index (χ0v) is 33.8. The highest BCUT2D eigenvalue weighted by atomic mass is 14.6. The van der Waals surface area contributed by atoms with Gasteiger partial charge in [-0.15, -0.1) is 0 Å². The first kappa shape index (κ1) is 37.0. The van der Waals surface area contributed by atoms with Crippen LogP contribution in [0.2, 0.25) is 0 Å². The van der Waals surface area contributed by atoms with Gasteiger partial charge in [0.1, 0.15) is 0 Å². The van der Waals surface area contributed by atoms with Crippen LogP contribution in [0.1, 0.15) is 72.1 Å². The molecule has 0 radical (unpaired) electrons. The molecule has 0 aliphatic heterocycles. The fraction of sp³-hybridized carbons (Fsp3) is 0.140. The Balaban J connectivity index is 0.000000269. The summed E-state index contributed by atoms with van der Waals surface area (Å²) >= 11 is 0. The molecule has 0 bridgehead atoms. The summed E-state index contributed by atoms with van der Waals surface area (Å²) in [7, 11) is 0. The Labute approximate surface area is 343 Å². The van der Waals surface area contributed by atoms with Gasteiger partial charge in [0.2, 0.25) is 0 Å². The summed E-state index contributed by atoms with van der Waals surface area (Å²) in [5.74, 6) is 0. The molecule has 4 aliphatic rings. The molecule has 6 aromatic rings. The van der Waals surface area contributed by atoms with E-state index in [0.29, 0.717) is 5.71 Å². The van der Waals surface area contributed by atoms with Crippen LogP contribution in [0.4, 0.5) is 0 Å². The number of hydrogen-bond acceptors (Lipinski definition) is 1. The number of nitrogens with one attached hydrogen (secondary N) is 1. The molecule has 0 saturated carbocycles. The van der Waals surface area contributed by atoms with Gasteiger partial charge in [-0.05, 0) is 164 Å². The van der Waals surface area contributed by atoms with Gasteiger partial charge in [-0.1, -0.05) is 164 Å². The molecule has 0 heterocycles. The van der Waals surface area contributed by atoms with Crippen LogP contribution in [-0.2, 0) is 11.8 Å². The Morgan fingerprint density at radius 3 is 2.19 bits per heavy atom. The predicted molar refractivity (Wildman–Crippen MR) is 251 cm³/mol. The van der Waals surface area contributed by atoms with E-state index in [4.69, 9.17) is 5.41 Å². The molecule has 10 rings (SSSR count). The highest BCUT2D eigenvalue weighted by Gasteiger charge is 2.54. The molecule has 1 unspecified atom stereocenters. The van der Waals surface area contributed by atoms with E-state index < -0.39 is 0 Å². The smallest absolute Gasteiger partial charge is 0.0728 e. The van der Waals surface area contributed by atoms with Crippen molar-refractivity contribution in [3.63, 3.8) is 0 Å². The number of benzene rings is 6. The van der Waals surface area contributed by atoms with Gasteiger partial charge < -0.3 is 0 Å². The van der Waals surface area contributed by atoms with Gasteiger partial charge in [0.25, 0.3) is 0 Å². The zero-order valence-electron chi connectivity index (χ0n) is 33.8. The summed E-state index contributed by atoms with van der Waals surface area (Å²) < 4.78 is 0. The van der Waals surface area contributed by atoms with Crippen LogP contribution in [0.25, 0.3) is 55.4 Å². The van der Waals surface area contributed by atoms with Crippen LogP contribution in [0.15, 0.2) is 188 Å². The first-order valence-electron chi connectivity index (χ1n) is 20.7. The standard InChI is InChI=1S/C44H32.C13H17N/c1-27-18-20-28(21-19-27)29-22-23-30-25-38-41(26-31(30)24-29)44(39-16-8-6-12-34(39)35-13-7-9-17-40(35)44)43-37-15-5-3-11-33(37)32-10-2-4-14-36(32)42(38)43;1-5-9-10-12(8-4)13(14)11(6-2)7-3/h2,4-6,8-10,12,14-26H,3,7,11,13H2,1H3;5-10,14H,1-2H2,3-4H3/b;10-9-,11-7+,12-8+,14-13?. The average Bonchev–Trinajstić information content (AvgIpc) is 3.74. The molecule has 1 spiro atoms. The van der Waals surface area contributed by atoms with Gasteiger partial charge in [-0.2, -0.15) is 0 Å². The SMILES string of the molecule is C=C/C=C\C(=C/C)C(=N)/C(C=C)=C/C.Cc1ccc(-c2ccc3cc4c(cc3c2)C2(C3=C(CCC=C3)c3ccccc32)c2c3c(c5ccccc5c2-4)CCC=C3)cc1. The second-order valence-corrected chi connectivity index (χ2v) is 15.7. The third kappa shape index (κ3) is 5.72. The molecule has 1 N–H and O–H groups in total. The van der Waals surface area contributed by atoms with Crippen molar-refractivity contribution in [3.8, 4) is 22.3 Å². The van der Waals surface area contributed by atoms with Crippen molar-refractivity contribution in [1.29, 1.82) is 5.41 Å². The van der Waals surface area contributed by atoms with Crippen LogP contribution in [0.3, 0.4) is 0 Å². The summed E-state index contributed by atoms with van der Waals surface area (Å²) in [6.07, 6.45) is 25.0. The predicted octanol–water partition coefficient (Wildman–Crippen LogP) is 15.2. The Morgan fingerprint density at radius 2 is 1.41 bits per heavy atom. The third-order valence-electron chi connectivity index (χ3n) is 12.7. The fourth-order valence-corrected chi connectivity index (χ4v) is 10.1. The molecule has 0 aromatic heterocycles. The summed E-state index contributed by atoms with van der Waals surface area (Å²) in [5.41, 5.74) is 20.4. The van der Waals surface area contributed by atoms with Gasteiger partial charge in [-0.3, -0.25) is 5.41 Å². The Bertz CT molecular complexity index is 2900. The Hall–Kier alpha value is -6.57. The number of fused-ring (bicyclic) bond motifs is 15. The molecule has 6 aromatic carbocycles. The van der Waals surface area contributed by atoms with E-state index in [1.807, 2.05) is 38.2 Å². The van der Waals surface area contributed by atoms with Crippen LogP contribution < -0.4 is 0 Å². The summed E-state index contributed by atoms with van der Waals surface area (Å²) in [6.45, 7) is 13.2. The normalized spacial score (nSPS) is 17.5. The summed E-state index contributed by atoms with van der Waals surface area (Å²) in [5, 5.41) is 13.3. The molecular weight excluding hydrogens is 699 g/mol. The quantitative estimate of drug-likeness (QED) is 0.130. The molecule has 1 atom stereocenters. The maximum atomic E-state index is 7.89. The molecule has 0 saturated heterocycles. The molecule has 0 amide bonds. The molecule has 1 nitrogen and oxygen atoms in total. The first-order chi connectivity index (χ1) is 28.4.